The Morgan fingerprint density at radius 1 is 1.28 bits per heavy atom. The van der Waals surface area contributed by atoms with Gasteiger partial charge in [0.05, 0.1) is 29.5 Å². The molecule has 8 nitrogen and oxygen atoms in total. The number of amides is 1. The van der Waals surface area contributed by atoms with Gasteiger partial charge in [-0.2, -0.15) is 0 Å². The van der Waals surface area contributed by atoms with E-state index in [0.29, 0.717) is 10.9 Å². The Balaban J connectivity index is 1.71. The first-order valence-electron chi connectivity index (χ1n) is 8.75. The molecule has 0 bridgehead atoms. The third kappa shape index (κ3) is 4.75. The molecule has 1 aromatic heterocycles. The van der Waals surface area contributed by atoms with Gasteiger partial charge in [-0.1, -0.05) is 29.5 Å². The van der Waals surface area contributed by atoms with Crippen LogP contribution in [-0.4, -0.2) is 33.2 Å². The van der Waals surface area contributed by atoms with Crippen molar-refractivity contribution >= 4 is 29.0 Å². The van der Waals surface area contributed by atoms with Gasteiger partial charge in [-0.15, -0.1) is 0 Å². The summed E-state index contributed by atoms with van der Waals surface area (Å²) < 4.78 is 6.92. The molecule has 0 unspecified atom stereocenters. The number of hydrogen-bond acceptors (Lipinski definition) is 6. The normalized spacial score (nSPS) is 10.6. The number of methoxy groups -OCH3 is 1. The van der Waals surface area contributed by atoms with Gasteiger partial charge < -0.3 is 10.1 Å². The first-order chi connectivity index (χ1) is 13.9. The van der Waals surface area contributed by atoms with Crippen LogP contribution in [0.15, 0.2) is 53.9 Å². The zero-order chi connectivity index (χ0) is 21.0. The highest BCUT2D eigenvalue weighted by atomic mass is 32.2. The van der Waals surface area contributed by atoms with Gasteiger partial charge in [0.15, 0.2) is 5.16 Å². The van der Waals surface area contributed by atoms with Gasteiger partial charge in [0.25, 0.3) is 5.69 Å². The highest BCUT2D eigenvalue weighted by Gasteiger charge is 2.18. The zero-order valence-corrected chi connectivity index (χ0v) is 17.0. The van der Waals surface area contributed by atoms with Gasteiger partial charge >= 0.3 is 0 Å². The van der Waals surface area contributed by atoms with E-state index < -0.39 is 4.92 Å². The summed E-state index contributed by atoms with van der Waals surface area (Å²) in [6.07, 6.45) is 3.51. The van der Waals surface area contributed by atoms with E-state index in [9.17, 15) is 14.9 Å². The summed E-state index contributed by atoms with van der Waals surface area (Å²) in [5.41, 5.74) is 3.16. The lowest BCUT2D eigenvalue weighted by molar-refractivity contribution is -0.384. The van der Waals surface area contributed by atoms with Crippen molar-refractivity contribution in [3.63, 3.8) is 0 Å². The van der Waals surface area contributed by atoms with E-state index in [4.69, 9.17) is 4.74 Å². The third-order valence-corrected chi connectivity index (χ3v) is 5.19. The van der Waals surface area contributed by atoms with Gasteiger partial charge in [-0.25, -0.2) is 4.98 Å². The highest BCUT2D eigenvalue weighted by Crippen LogP contribution is 2.29. The van der Waals surface area contributed by atoms with Crippen molar-refractivity contribution in [2.75, 3.05) is 18.2 Å². The average Bonchev–Trinajstić information content (AvgIpc) is 3.14. The summed E-state index contributed by atoms with van der Waals surface area (Å²) in [4.78, 5) is 27.4. The smallest absolute Gasteiger partial charge is 0.296 e. The minimum absolute atomic E-state index is 0.0606. The van der Waals surface area contributed by atoms with E-state index in [1.54, 1.807) is 12.3 Å². The molecule has 29 heavy (non-hydrogen) atoms. The number of nitrogens with one attached hydrogen (secondary N) is 1. The fraction of sp³-hybridized carbons (Fsp3) is 0.200. The number of benzene rings is 2. The number of imidazole rings is 1. The first-order valence-corrected chi connectivity index (χ1v) is 9.73. The minimum atomic E-state index is -0.557. The van der Waals surface area contributed by atoms with Gasteiger partial charge in [0.2, 0.25) is 5.91 Å². The Kier molecular flexibility index (Phi) is 6.18. The van der Waals surface area contributed by atoms with Crippen molar-refractivity contribution in [1.82, 2.24) is 9.55 Å². The number of aromatic nitrogens is 2. The maximum atomic E-state index is 12.4. The summed E-state index contributed by atoms with van der Waals surface area (Å²) in [6.45, 7) is 4.05. The number of nitro groups is 1. The molecule has 0 aliphatic carbocycles. The largest absolute Gasteiger partial charge is 0.496 e. The summed E-state index contributed by atoms with van der Waals surface area (Å²) in [6, 6.07) is 10.4. The van der Waals surface area contributed by atoms with Crippen LogP contribution >= 0.6 is 11.8 Å². The average molecular weight is 412 g/mol. The zero-order valence-electron chi connectivity index (χ0n) is 16.2. The second-order valence-corrected chi connectivity index (χ2v) is 7.29. The fourth-order valence-electron chi connectivity index (χ4n) is 2.87. The number of anilines is 1. The number of ether oxygens (including phenoxy) is 1. The molecule has 3 rings (SSSR count). The molecule has 0 spiro atoms. The maximum absolute atomic E-state index is 12.4. The van der Waals surface area contributed by atoms with Crippen molar-refractivity contribution in [3.8, 4) is 11.4 Å². The molecule has 150 valence electrons. The molecule has 1 heterocycles. The molecule has 0 saturated carbocycles. The Hall–Kier alpha value is -3.33. The lowest BCUT2D eigenvalue weighted by atomic mass is 10.1. The molecule has 0 atom stereocenters. The molecule has 0 fully saturated rings. The lowest BCUT2D eigenvalue weighted by Crippen LogP contribution is -2.15. The topological polar surface area (TPSA) is 99.3 Å². The van der Waals surface area contributed by atoms with Crippen molar-refractivity contribution < 1.29 is 14.5 Å². The van der Waals surface area contributed by atoms with E-state index in [-0.39, 0.29) is 23.0 Å². The summed E-state index contributed by atoms with van der Waals surface area (Å²) in [7, 11) is 1.42. The standard InChI is InChI=1S/C20H20N4O4S/c1-13-4-7-17(14(2)10-13)23-9-8-21-20(23)29-12-19(25)22-16-6-5-15(28-3)11-18(16)24(26)27/h4-11H,12H2,1-3H3,(H,22,25). The second kappa shape index (κ2) is 8.78. The van der Waals surface area contributed by atoms with Gasteiger partial charge in [-0.3, -0.25) is 19.5 Å². The van der Waals surface area contributed by atoms with Crippen LogP contribution in [0.2, 0.25) is 0 Å². The van der Waals surface area contributed by atoms with Crippen molar-refractivity contribution in [1.29, 1.82) is 0 Å². The quantitative estimate of drug-likeness (QED) is 0.356. The number of aryl methyl sites for hydroxylation is 2. The summed E-state index contributed by atoms with van der Waals surface area (Å²) in [5, 5.41) is 14.5. The van der Waals surface area contributed by atoms with Crippen LogP contribution in [0.1, 0.15) is 11.1 Å². The van der Waals surface area contributed by atoms with Crippen LogP contribution in [-0.2, 0) is 4.79 Å². The number of hydrogen-bond donors (Lipinski definition) is 1. The van der Waals surface area contributed by atoms with Crippen LogP contribution < -0.4 is 10.1 Å². The molecule has 9 heteroatoms. The first kappa shape index (κ1) is 20.4. The van der Waals surface area contributed by atoms with Gasteiger partial charge in [0, 0.05) is 12.4 Å². The van der Waals surface area contributed by atoms with Crippen LogP contribution in [0.4, 0.5) is 11.4 Å². The number of carbonyl (C=O) groups is 1. The minimum Gasteiger partial charge on any atom is -0.496 e. The van der Waals surface area contributed by atoms with Gasteiger partial charge in [-0.05, 0) is 37.6 Å². The SMILES string of the molecule is COc1ccc(NC(=O)CSc2nccn2-c2ccc(C)cc2C)c([N+](=O)[O-])c1. The van der Waals surface area contributed by atoms with Crippen LogP contribution in [0, 0.1) is 24.0 Å². The molecule has 2 aromatic carbocycles. The predicted octanol–water partition coefficient (Wildman–Crippen LogP) is 4.14. The van der Waals surface area contributed by atoms with Crippen molar-refractivity contribution in [3.05, 3.63) is 70.0 Å². The number of thioether (sulfide) groups is 1. The molecule has 0 aliphatic heterocycles. The van der Waals surface area contributed by atoms with E-state index in [2.05, 4.69) is 16.4 Å². The molecule has 1 N–H and O–H groups in total. The van der Waals surface area contributed by atoms with E-state index in [1.165, 1.54) is 36.6 Å². The molecular weight excluding hydrogens is 392 g/mol. The Morgan fingerprint density at radius 2 is 2.07 bits per heavy atom. The number of carbonyl (C=O) groups excluding carboxylic acids is 1. The monoisotopic (exact) mass is 412 g/mol. The van der Waals surface area contributed by atoms with E-state index in [0.717, 1.165) is 11.3 Å². The molecular formula is C20H20N4O4S. The predicted molar refractivity (Wildman–Crippen MR) is 112 cm³/mol. The van der Waals surface area contributed by atoms with E-state index >= 15 is 0 Å². The summed E-state index contributed by atoms with van der Waals surface area (Å²) in [5.74, 6) is 0.0449. The molecule has 0 aliphatic rings. The fourth-order valence-corrected chi connectivity index (χ4v) is 3.63. The molecule has 0 saturated heterocycles. The van der Waals surface area contributed by atoms with Crippen LogP contribution in [0.25, 0.3) is 5.69 Å². The van der Waals surface area contributed by atoms with Crippen molar-refractivity contribution in [2.24, 2.45) is 0 Å². The number of nitrogens with zero attached hydrogens (tertiary/aromatic N) is 3. The third-order valence-electron chi connectivity index (χ3n) is 4.23. The van der Waals surface area contributed by atoms with Crippen LogP contribution in [0.5, 0.6) is 5.75 Å². The molecule has 1 amide bonds. The van der Waals surface area contributed by atoms with E-state index in [1.807, 2.05) is 36.7 Å². The maximum Gasteiger partial charge on any atom is 0.296 e. The van der Waals surface area contributed by atoms with Crippen LogP contribution in [0.3, 0.4) is 0 Å². The van der Waals surface area contributed by atoms with Crippen molar-refractivity contribution in [2.45, 2.75) is 19.0 Å². The lowest BCUT2D eigenvalue weighted by Gasteiger charge is -2.11. The Labute approximate surface area is 172 Å². The highest BCUT2D eigenvalue weighted by molar-refractivity contribution is 7.99. The number of nitro benzene ring substituents is 1. The summed E-state index contributed by atoms with van der Waals surface area (Å²) >= 11 is 1.26. The molecule has 0 radical (unpaired) electrons. The Bertz CT molecular complexity index is 1060. The number of rotatable bonds is 7. The van der Waals surface area contributed by atoms with Gasteiger partial charge in [0.1, 0.15) is 11.4 Å². The second-order valence-electron chi connectivity index (χ2n) is 6.35. The molecule has 3 aromatic rings. The Morgan fingerprint density at radius 3 is 2.76 bits per heavy atom.